The minimum Gasteiger partial charge on any atom is -0.486 e. The van der Waals surface area contributed by atoms with E-state index in [1.807, 2.05) is 51.1 Å². The van der Waals surface area contributed by atoms with Crippen LogP contribution in [0.2, 0.25) is 0 Å². The van der Waals surface area contributed by atoms with Gasteiger partial charge in [-0.25, -0.2) is 8.60 Å². The first kappa shape index (κ1) is 17.3. The Morgan fingerprint density at radius 1 is 1.17 bits per heavy atom. The zero-order valence-electron chi connectivity index (χ0n) is 13.5. The molecule has 0 amide bonds. The van der Waals surface area contributed by atoms with E-state index in [2.05, 4.69) is 4.40 Å². The molecule has 0 saturated heterocycles. The predicted molar refractivity (Wildman–Crippen MR) is 92.7 cm³/mol. The third-order valence-electron chi connectivity index (χ3n) is 3.01. The van der Waals surface area contributed by atoms with Crippen molar-refractivity contribution in [3.8, 4) is 5.75 Å². The van der Waals surface area contributed by atoms with E-state index < -0.39 is 21.5 Å². The molecule has 0 aliphatic heterocycles. The lowest BCUT2D eigenvalue weighted by Gasteiger charge is -2.12. The number of benzene rings is 2. The van der Waals surface area contributed by atoms with Crippen LogP contribution in [0, 0.1) is 5.82 Å². The van der Waals surface area contributed by atoms with Gasteiger partial charge in [-0.1, -0.05) is 30.3 Å². The van der Waals surface area contributed by atoms with Gasteiger partial charge in [0.25, 0.3) is 0 Å². The second-order valence-electron chi connectivity index (χ2n) is 6.06. The lowest BCUT2D eigenvalue weighted by atomic mass is 10.2. The Balaban J connectivity index is 2.03. The van der Waals surface area contributed by atoms with E-state index in [4.69, 9.17) is 4.74 Å². The smallest absolute Gasteiger partial charge is 0.165 e. The highest BCUT2D eigenvalue weighted by molar-refractivity contribution is 7.85. The molecule has 2 aromatic carbocycles. The maximum atomic E-state index is 14.0. The Hall–Kier alpha value is -2.01. The molecule has 0 aliphatic rings. The molecule has 0 unspecified atom stereocenters. The van der Waals surface area contributed by atoms with E-state index in [1.54, 1.807) is 12.1 Å². The van der Waals surface area contributed by atoms with Crippen LogP contribution in [0.4, 0.5) is 4.39 Å². The summed E-state index contributed by atoms with van der Waals surface area (Å²) in [6, 6.07) is 14.1. The molecule has 5 heteroatoms. The van der Waals surface area contributed by atoms with Crippen molar-refractivity contribution < 1.29 is 13.3 Å². The molecule has 0 heterocycles. The second-order valence-corrected chi connectivity index (χ2v) is 7.99. The van der Waals surface area contributed by atoms with Crippen molar-refractivity contribution in [3.63, 3.8) is 0 Å². The minimum atomic E-state index is -1.36. The maximum Gasteiger partial charge on any atom is 0.165 e. The van der Waals surface area contributed by atoms with Crippen LogP contribution < -0.4 is 4.74 Å². The van der Waals surface area contributed by atoms with E-state index in [0.29, 0.717) is 12.2 Å². The standard InChI is InChI=1S/C18H20FNO2S/c1-18(2,3)23(21)20-12-15-9-10-17(16(19)11-15)22-13-14-7-5-4-6-8-14/h4-12H,13H2,1-3H3/t23-/m0/s1. The van der Waals surface area contributed by atoms with Crippen LogP contribution in [0.25, 0.3) is 0 Å². The van der Waals surface area contributed by atoms with Crippen molar-refractivity contribution in [1.82, 2.24) is 0 Å². The van der Waals surface area contributed by atoms with Gasteiger partial charge in [0.05, 0.1) is 4.75 Å². The Labute approximate surface area is 138 Å². The number of halogens is 1. The summed E-state index contributed by atoms with van der Waals surface area (Å²) < 4.78 is 34.9. The van der Waals surface area contributed by atoms with Crippen molar-refractivity contribution >= 4 is 17.2 Å². The van der Waals surface area contributed by atoms with E-state index >= 15 is 0 Å². The molecule has 1 atom stereocenters. The Morgan fingerprint density at radius 2 is 1.87 bits per heavy atom. The predicted octanol–water partition coefficient (Wildman–Crippen LogP) is 4.29. The molecule has 0 aliphatic carbocycles. The molecule has 0 N–H and O–H groups in total. The average molecular weight is 333 g/mol. The fourth-order valence-electron chi connectivity index (χ4n) is 1.72. The summed E-state index contributed by atoms with van der Waals surface area (Å²) >= 11 is 0. The highest BCUT2D eigenvalue weighted by Gasteiger charge is 2.18. The molecule has 2 aromatic rings. The van der Waals surface area contributed by atoms with Crippen LogP contribution in [0.15, 0.2) is 52.9 Å². The van der Waals surface area contributed by atoms with Gasteiger partial charge in [0.2, 0.25) is 0 Å². The van der Waals surface area contributed by atoms with Crippen molar-refractivity contribution in [2.45, 2.75) is 32.1 Å². The van der Waals surface area contributed by atoms with Gasteiger partial charge in [0, 0.05) is 6.21 Å². The van der Waals surface area contributed by atoms with Crippen LogP contribution in [-0.2, 0) is 17.6 Å². The van der Waals surface area contributed by atoms with Crippen LogP contribution in [0.5, 0.6) is 5.75 Å². The monoisotopic (exact) mass is 333 g/mol. The van der Waals surface area contributed by atoms with Gasteiger partial charge in [-0.2, -0.15) is 4.40 Å². The SMILES string of the molecule is CC(C)(C)[S@](=O)N=Cc1ccc(OCc2ccccc2)c(F)c1. The van der Waals surface area contributed by atoms with E-state index in [0.717, 1.165) is 5.56 Å². The molecular weight excluding hydrogens is 313 g/mol. The molecule has 0 fully saturated rings. The molecule has 23 heavy (non-hydrogen) atoms. The van der Waals surface area contributed by atoms with Crippen molar-refractivity contribution in [2.24, 2.45) is 4.40 Å². The zero-order valence-corrected chi connectivity index (χ0v) is 14.3. The van der Waals surface area contributed by atoms with Crippen LogP contribution >= 0.6 is 0 Å². The molecule has 0 radical (unpaired) electrons. The molecule has 0 spiro atoms. The Morgan fingerprint density at radius 3 is 2.48 bits per heavy atom. The largest absolute Gasteiger partial charge is 0.486 e. The molecule has 3 nitrogen and oxygen atoms in total. The number of hydrogen-bond donors (Lipinski definition) is 0. The number of rotatable bonds is 5. The van der Waals surface area contributed by atoms with E-state index in [1.165, 1.54) is 12.3 Å². The summed E-state index contributed by atoms with van der Waals surface area (Å²) in [6.45, 7) is 5.81. The first-order valence-corrected chi connectivity index (χ1v) is 8.39. The first-order valence-electron chi connectivity index (χ1n) is 7.28. The maximum absolute atomic E-state index is 14.0. The van der Waals surface area contributed by atoms with Crippen LogP contribution in [-0.4, -0.2) is 15.2 Å². The second kappa shape index (κ2) is 7.51. The third kappa shape index (κ3) is 5.28. The zero-order chi connectivity index (χ0) is 16.9. The van der Waals surface area contributed by atoms with Gasteiger partial charge in [0.1, 0.15) is 17.6 Å². The number of ether oxygens (including phenoxy) is 1. The molecule has 0 aromatic heterocycles. The number of nitrogens with zero attached hydrogens (tertiary/aromatic N) is 1. The fourth-order valence-corrected chi connectivity index (χ4v) is 2.25. The quantitative estimate of drug-likeness (QED) is 0.766. The summed E-state index contributed by atoms with van der Waals surface area (Å²) in [7, 11) is -1.36. The Kier molecular flexibility index (Phi) is 5.66. The molecule has 2 rings (SSSR count). The van der Waals surface area contributed by atoms with E-state index in [-0.39, 0.29) is 5.75 Å². The van der Waals surface area contributed by atoms with Gasteiger partial charge < -0.3 is 4.74 Å². The molecule has 0 saturated carbocycles. The van der Waals surface area contributed by atoms with Crippen LogP contribution in [0.3, 0.4) is 0 Å². The van der Waals surface area contributed by atoms with Gasteiger partial charge in [-0.3, -0.25) is 0 Å². The fraction of sp³-hybridized carbons (Fsp3) is 0.278. The highest BCUT2D eigenvalue weighted by Crippen LogP contribution is 2.19. The third-order valence-corrected chi connectivity index (χ3v) is 4.36. The van der Waals surface area contributed by atoms with Gasteiger partial charge in [-0.05, 0) is 50.1 Å². The summed E-state index contributed by atoms with van der Waals surface area (Å²) in [4.78, 5) is 0. The van der Waals surface area contributed by atoms with E-state index in [9.17, 15) is 8.60 Å². The van der Waals surface area contributed by atoms with Crippen molar-refractivity contribution in [2.75, 3.05) is 0 Å². The summed E-state index contributed by atoms with van der Waals surface area (Å²) in [5.74, 6) is -0.283. The van der Waals surface area contributed by atoms with Gasteiger partial charge in [0.15, 0.2) is 11.6 Å². The lowest BCUT2D eigenvalue weighted by Crippen LogP contribution is -2.19. The minimum absolute atomic E-state index is 0.183. The normalized spacial score (nSPS) is 13.2. The topological polar surface area (TPSA) is 38.7 Å². The molecule has 122 valence electrons. The Bertz CT molecular complexity index is 709. The van der Waals surface area contributed by atoms with Crippen molar-refractivity contribution in [1.29, 1.82) is 0 Å². The summed E-state index contributed by atoms with van der Waals surface area (Å²) in [5, 5.41) is 0. The van der Waals surface area contributed by atoms with Crippen molar-refractivity contribution in [3.05, 3.63) is 65.5 Å². The first-order chi connectivity index (χ1) is 10.9. The lowest BCUT2D eigenvalue weighted by molar-refractivity contribution is 0.290. The highest BCUT2D eigenvalue weighted by atomic mass is 32.2. The van der Waals surface area contributed by atoms with Crippen LogP contribution in [0.1, 0.15) is 31.9 Å². The van der Waals surface area contributed by atoms with Gasteiger partial charge in [-0.15, -0.1) is 0 Å². The van der Waals surface area contributed by atoms with Gasteiger partial charge >= 0.3 is 0 Å². The molecule has 0 bridgehead atoms. The summed E-state index contributed by atoms with van der Waals surface area (Å²) in [5.41, 5.74) is 1.52. The number of hydrogen-bond acceptors (Lipinski definition) is 2. The molecular formula is C18H20FNO2S. The average Bonchev–Trinajstić information content (AvgIpc) is 2.51. The summed E-state index contributed by atoms with van der Waals surface area (Å²) in [6.07, 6.45) is 1.42.